The van der Waals surface area contributed by atoms with Gasteiger partial charge in [0.2, 0.25) is 0 Å². The van der Waals surface area contributed by atoms with Crippen LogP contribution in [-0.4, -0.2) is 10.1 Å². The highest BCUT2D eigenvalue weighted by molar-refractivity contribution is 5.41. The Hall–Kier alpha value is -1.58. The molecule has 6 heteroatoms. The molecule has 0 spiro atoms. The van der Waals surface area contributed by atoms with Gasteiger partial charge in [-0.3, -0.25) is 0 Å². The lowest BCUT2D eigenvalue weighted by molar-refractivity contribution is 0.149. The summed E-state index contributed by atoms with van der Waals surface area (Å²) in [4.78, 5) is 3.54. The molecule has 0 fully saturated rings. The van der Waals surface area contributed by atoms with Crippen LogP contribution in [0.1, 0.15) is 28.8 Å². The molecule has 0 atom stereocenters. The molecule has 0 amide bonds. The molecule has 0 unspecified atom stereocenters. The maximum Gasteiger partial charge on any atom is 0.265 e. The van der Waals surface area contributed by atoms with Gasteiger partial charge in [0.25, 0.3) is 6.43 Å². The Labute approximate surface area is 85.0 Å². The zero-order valence-electron chi connectivity index (χ0n) is 7.74. The van der Waals surface area contributed by atoms with Crippen molar-refractivity contribution >= 4 is 0 Å². The van der Waals surface area contributed by atoms with Gasteiger partial charge >= 0.3 is 0 Å². The first-order chi connectivity index (χ1) is 7.15. The molecule has 0 bridgehead atoms. The van der Waals surface area contributed by atoms with Crippen LogP contribution in [0, 0.1) is 11.3 Å². The molecule has 0 aromatic carbocycles. The Morgan fingerprint density at radius 1 is 1.53 bits per heavy atom. The average molecular weight is 213 g/mol. The standard InChI is InChI=1S/C9H9F2N3O/c10-9(11)6-3-14-8(2-13)7(4-15)5(6)1-12/h3,9,15H,1,4,12H2. The van der Waals surface area contributed by atoms with Crippen LogP contribution in [0.15, 0.2) is 6.20 Å². The molecule has 80 valence electrons. The number of hydrogen-bond donors (Lipinski definition) is 2. The van der Waals surface area contributed by atoms with Crippen molar-refractivity contribution in [1.29, 1.82) is 5.26 Å². The summed E-state index contributed by atoms with van der Waals surface area (Å²) in [5.41, 5.74) is 5.08. The lowest BCUT2D eigenvalue weighted by Gasteiger charge is -2.11. The maximum atomic E-state index is 12.5. The van der Waals surface area contributed by atoms with Crippen LogP contribution in [0.2, 0.25) is 0 Å². The largest absolute Gasteiger partial charge is 0.392 e. The van der Waals surface area contributed by atoms with Gasteiger partial charge in [0.05, 0.1) is 6.61 Å². The number of alkyl halides is 2. The van der Waals surface area contributed by atoms with Crippen molar-refractivity contribution in [3.05, 3.63) is 28.6 Å². The highest BCUT2D eigenvalue weighted by Crippen LogP contribution is 2.25. The Morgan fingerprint density at radius 3 is 2.60 bits per heavy atom. The van der Waals surface area contributed by atoms with Crippen LogP contribution in [0.3, 0.4) is 0 Å². The van der Waals surface area contributed by atoms with Crippen LogP contribution in [0.25, 0.3) is 0 Å². The summed E-state index contributed by atoms with van der Waals surface area (Å²) in [6, 6.07) is 1.72. The van der Waals surface area contributed by atoms with Crippen molar-refractivity contribution in [2.75, 3.05) is 0 Å². The first kappa shape index (κ1) is 11.5. The Bertz CT molecular complexity index is 401. The van der Waals surface area contributed by atoms with E-state index in [1.165, 1.54) is 0 Å². The molecule has 4 nitrogen and oxygen atoms in total. The summed E-state index contributed by atoms with van der Waals surface area (Å²) < 4.78 is 25.0. The van der Waals surface area contributed by atoms with Crippen LogP contribution in [0.5, 0.6) is 0 Å². The van der Waals surface area contributed by atoms with Crippen molar-refractivity contribution in [3.8, 4) is 6.07 Å². The molecule has 0 aliphatic heterocycles. The van der Waals surface area contributed by atoms with E-state index in [2.05, 4.69) is 4.98 Å². The normalized spacial score (nSPS) is 10.4. The molecule has 0 saturated heterocycles. The van der Waals surface area contributed by atoms with E-state index < -0.39 is 13.0 Å². The second-order valence-corrected chi connectivity index (χ2v) is 2.79. The minimum Gasteiger partial charge on any atom is -0.392 e. The topological polar surface area (TPSA) is 82.9 Å². The quantitative estimate of drug-likeness (QED) is 0.779. The van der Waals surface area contributed by atoms with Gasteiger partial charge in [-0.2, -0.15) is 5.26 Å². The van der Waals surface area contributed by atoms with Crippen LogP contribution in [0.4, 0.5) is 8.78 Å². The van der Waals surface area contributed by atoms with E-state index in [1.807, 2.05) is 0 Å². The van der Waals surface area contributed by atoms with Crippen LogP contribution < -0.4 is 5.73 Å². The van der Waals surface area contributed by atoms with Crippen LogP contribution >= 0.6 is 0 Å². The third-order valence-corrected chi connectivity index (χ3v) is 2.03. The monoisotopic (exact) mass is 213 g/mol. The number of halogens is 2. The zero-order valence-corrected chi connectivity index (χ0v) is 7.74. The highest BCUT2D eigenvalue weighted by Gasteiger charge is 2.18. The van der Waals surface area contributed by atoms with Gasteiger partial charge in [-0.1, -0.05) is 0 Å². The van der Waals surface area contributed by atoms with Gasteiger partial charge < -0.3 is 10.8 Å². The molecule has 1 heterocycles. The minimum absolute atomic E-state index is 0.0673. The molecular formula is C9H9F2N3O. The molecular weight excluding hydrogens is 204 g/mol. The van der Waals surface area contributed by atoms with E-state index in [9.17, 15) is 8.78 Å². The summed E-state index contributed by atoms with van der Waals surface area (Å²) >= 11 is 0. The van der Waals surface area contributed by atoms with Crippen molar-refractivity contribution < 1.29 is 13.9 Å². The molecule has 0 radical (unpaired) electrons. The van der Waals surface area contributed by atoms with Crippen molar-refractivity contribution in [3.63, 3.8) is 0 Å². The van der Waals surface area contributed by atoms with Crippen molar-refractivity contribution in [2.45, 2.75) is 19.6 Å². The van der Waals surface area contributed by atoms with Crippen molar-refractivity contribution in [1.82, 2.24) is 4.98 Å². The summed E-state index contributed by atoms with van der Waals surface area (Å²) in [7, 11) is 0. The lowest BCUT2D eigenvalue weighted by atomic mass is 10.0. The predicted molar refractivity (Wildman–Crippen MR) is 47.7 cm³/mol. The number of pyridine rings is 1. The predicted octanol–water partition coefficient (Wildman–Crippen LogP) is 0.842. The van der Waals surface area contributed by atoms with E-state index in [0.29, 0.717) is 0 Å². The average Bonchev–Trinajstić information content (AvgIpc) is 2.26. The van der Waals surface area contributed by atoms with Gasteiger partial charge in [-0.25, -0.2) is 13.8 Å². The lowest BCUT2D eigenvalue weighted by Crippen LogP contribution is -2.10. The number of rotatable bonds is 3. The number of aromatic nitrogens is 1. The minimum atomic E-state index is -2.71. The summed E-state index contributed by atoms with van der Waals surface area (Å²) in [6.45, 7) is -0.685. The van der Waals surface area contributed by atoms with Crippen molar-refractivity contribution in [2.24, 2.45) is 5.73 Å². The van der Waals surface area contributed by atoms with Crippen LogP contribution in [-0.2, 0) is 13.2 Å². The van der Waals surface area contributed by atoms with E-state index in [-0.39, 0.29) is 28.9 Å². The highest BCUT2D eigenvalue weighted by atomic mass is 19.3. The van der Waals surface area contributed by atoms with E-state index in [4.69, 9.17) is 16.1 Å². The fourth-order valence-electron chi connectivity index (χ4n) is 1.30. The third-order valence-electron chi connectivity index (χ3n) is 2.03. The number of aliphatic hydroxyl groups excluding tert-OH is 1. The number of nitrogens with two attached hydrogens (primary N) is 1. The summed E-state index contributed by atoms with van der Waals surface area (Å²) in [5.74, 6) is 0. The molecule has 1 rings (SSSR count). The third kappa shape index (κ3) is 2.09. The molecule has 0 aliphatic rings. The zero-order chi connectivity index (χ0) is 11.4. The van der Waals surface area contributed by atoms with Gasteiger partial charge in [0.15, 0.2) is 0 Å². The fraction of sp³-hybridized carbons (Fsp3) is 0.333. The summed E-state index contributed by atoms with van der Waals surface area (Å²) in [6.07, 6.45) is -1.79. The fourth-order valence-corrected chi connectivity index (χ4v) is 1.30. The molecule has 3 N–H and O–H groups in total. The Balaban J connectivity index is 3.42. The summed E-state index contributed by atoms with van der Waals surface area (Å²) in [5, 5.41) is 17.6. The van der Waals surface area contributed by atoms with Gasteiger partial charge in [-0.15, -0.1) is 0 Å². The van der Waals surface area contributed by atoms with E-state index in [0.717, 1.165) is 6.20 Å². The SMILES string of the molecule is N#Cc1ncc(C(F)F)c(CN)c1CO. The Morgan fingerprint density at radius 2 is 2.20 bits per heavy atom. The second kappa shape index (κ2) is 4.77. The first-order valence-corrected chi connectivity index (χ1v) is 4.15. The van der Waals surface area contributed by atoms with Gasteiger partial charge in [-0.05, 0) is 5.56 Å². The maximum absolute atomic E-state index is 12.5. The van der Waals surface area contributed by atoms with Gasteiger partial charge in [0, 0.05) is 23.9 Å². The molecule has 1 aromatic rings. The molecule has 0 aliphatic carbocycles. The number of nitriles is 1. The number of hydrogen-bond acceptors (Lipinski definition) is 4. The molecule has 1 aromatic heterocycles. The smallest absolute Gasteiger partial charge is 0.265 e. The Kier molecular flexibility index (Phi) is 3.66. The second-order valence-electron chi connectivity index (χ2n) is 2.79. The first-order valence-electron chi connectivity index (χ1n) is 4.15. The number of aliphatic hydroxyl groups is 1. The molecule has 0 saturated carbocycles. The number of nitrogens with zero attached hydrogens (tertiary/aromatic N) is 2. The molecule has 15 heavy (non-hydrogen) atoms. The van der Waals surface area contributed by atoms with E-state index >= 15 is 0 Å². The van der Waals surface area contributed by atoms with E-state index in [1.54, 1.807) is 6.07 Å². The van der Waals surface area contributed by atoms with Gasteiger partial charge in [0.1, 0.15) is 11.8 Å².